The van der Waals surface area contributed by atoms with E-state index in [1.807, 2.05) is 12.1 Å². The van der Waals surface area contributed by atoms with Gasteiger partial charge < -0.3 is 10.1 Å². The van der Waals surface area contributed by atoms with Crippen molar-refractivity contribution in [3.63, 3.8) is 0 Å². The molecular formula is C27H34N4O5S2. The lowest BCUT2D eigenvalue weighted by molar-refractivity contribution is -0.120. The van der Waals surface area contributed by atoms with Crippen molar-refractivity contribution in [2.24, 2.45) is 0 Å². The lowest BCUT2D eigenvalue weighted by Crippen LogP contribution is -2.40. The lowest BCUT2D eigenvalue weighted by Gasteiger charge is -2.22. The Hall–Kier alpha value is -3.28. The van der Waals surface area contributed by atoms with Crippen LogP contribution in [-0.4, -0.2) is 37.0 Å². The van der Waals surface area contributed by atoms with Crippen LogP contribution in [0.25, 0.3) is 21.0 Å². The maximum Gasteiger partial charge on any atom is 0.411 e. The second-order valence-electron chi connectivity index (χ2n) is 10.0. The average Bonchev–Trinajstić information content (AvgIpc) is 3.31. The molecule has 3 N–H and O–H groups in total. The molecule has 1 heterocycles. The summed E-state index contributed by atoms with van der Waals surface area (Å²) in [5.41, 5.74) is 1.92. The minimum atomic E-state index is -3.88. The number of nitrogens with zero attached hydrogens (tertiary/aromatic N) is 1. The van der Waals surface area contributed by atoms with E-state index in [1.54, 1.807) is 78.1 Å². The van der Waals surface area contributed by atoms with Gasteiger partial charge in [0.1, 0.15) is 5.01 Å². The van der Waals surface area contributed by atoms with Gasteiger partial charge in [-0.15, -0.1) is 11.3 Å². The van der Waals surface area contributed by atoms with Crippen LogP contribution in [-0.2, 0) is 26.1 Å². The fourth-order valence-corrected chi connectivity index (χ4v) is 6.19. The number of carbonyl (C=O) groups excluding carboxylic acids is 2. The molecular weight excluding hydrogens is 524 g/mol. The number of amides is 2. The number of rotatable bonds is 9. The number of thiazole rings is 1. The Morgan fingerprint density at radius 2 is 1.76 bits per heavy atom. The van der Waals surface area contributed by atoms with Crippen molar-refractivity contribution in [2.45, 2.75) is 71.0 Å². The standard InChI is InChI=1S/C27H34N4O5S2/c1-7-24(32)28-15-18-8-13-21(23(14-18)38(34,35)31-27(4,5)6)22-16-29-25(37-22)19-9-11-20(12-10-19)30-26(33)36-17(2)3/h8-14,16-17,31H,7,15H2,1-6H3,(H,28,32)(H,30,33). The normalized spacial score (nSPS) is 11.9. The maximum atomic E-state index is 13.4. The van der Waals surface area contributed by atoms with Crippen molar-refractivity contribution in [3.8, 4) is 21.0 Å². The molecule has 0 aliphatic heterocycles. The lowest BCUT2D eigenvalue weighted by atomic mass is 10.1. The number of hydrogen-bond acceptors (Lipinski definition) is 7. The molecule has 0 radical (unpaired) electrons. The first-order valence-corrected chi connectivity index (χ1v) is 14.5. The van der Waals surface area contributed by atoms with E-state index in [1.165, 1.54) is 11.3 Å². The summed E-state index contributed by atoms with van der Waals surface area (Å²) in [5.74, 6) is -0.114. The van der Waals surface area contributed by atoms with Gasteiger partial charge in [0.05, 0.1) is 15.9 Å². The van der Waals surface area contributed by atoms with E-state index < -0.39 is 21.7 Å². The molecule has 0 unspecified atom stereocenters. The number of benzene rings is 2. The van der Waals surface area contributed by atoms with Crippen LogP contribution in [0, 0.1) is 0 Å². The predicted octanol–water partition coefficient (Wildman–Crippen LogP) is 5.54. The van der Waals surface area contributed by atoms with Gasteiger partial charge in [-0.25, -0.2) is 22.9 Å². The van der Waals surface area contributed by atoms with E-state index in [9.17, 15) is 18.0 Å². The second kappa shape index (κ2) is 12.1. The molecule has 0 fully saturated rings. The highest BCUT2D eigenvalue weighted by molar-refractivity contribution is 7.89. The zero-order valence-corrected chi connectivity index (χ0v) is 24.0. The van der Waals surface area contributed by atoms with Crippen LogP contribution < -0.4 is 15.4 Å². The summed E-state index contributed by atoms with van der Waals surface area (Å²) >= 11 is 1.36. The van der Waals surface area contributed by atoms with Crippen LogP contribution >= 0.6 is 11.3 Å². The van der Waals surface area contributed by atoms with Crippen LogP contribution in [0.15, 0.2) is 53.6 Å². The Morgan fingerprint density at radius 3 is 2.37 bits per heavy atom. The van der Waals surface area contributed by atoms with Gasteiger partial charge in [0.25, 0.3) is 0 Å². The summed E-state index contributed by atoms with van der Waals surface area (Å²) < 4.78 is 34.6. The highest BCUT2D eigenvalue weighted by Crippen LogP contribution is 2.36. The smallest absolute Gasteiger partial charge is 0.411 e. The number of carbonyl (C=O) groups is 2. The molecule has 3 rings (SSSR count). The third kappa shape index (κ3) is 8.11. The molecule has 38 heavy (non-hydrogen) atoms. The highest BCUT2D eigenvalue weighted by Gasteiger charge is 2.26. The number of anilines is 1. The second-order valence-corrected chi connectivity index (χ2v) is 12.7. The van der Waals surface area contributed by atoms with Crippen LogP contribution in [0.5, 0.6) is 0 Å². The van der Waals surface area contributed by atoms with Crippen LogP contribution in [0.2, 0.25) is 0 Å². The van der Waals surface area contributed by atoms with E-state index in [0.29, 0.717) is 33.1 Å². The summed E-state index contributed by atoms with van der Waals surface area (Å²) in [6.45, 7) is 10.9. The summed E-state index contributed by atoms with van der Waals surface area (Å²) in [4.78, 5) is 28.9. The molecule has 2 aromatic carbocycles. The largest absolute Gasteiger partial charge is 0.447 e. The number of nitrogens with one attached hydrogen (secondary N) is 3. The molecule has 0 aliphatic carbocycles. The van der Waals surface area contributed by atoms with Crippen LogP contribution in [0.3, 0.4) is 0 Å². The van der Waals surface area contributed by atoms with E-state index in [2.05, 4.69) is 20.3 Å². The van der Waals surface area contributed by atoms with Crippen molar-refractivity contribution in [3.05, 3.63) is 54.2 Å². The van der Waals surface area contributed by atoms with E-state index >= 15 is 0 Å². The van der Waals surface area contributed by atoms with E-state index in [0.717, 1.165) is 5.56 Å². The first kappa shape index (κ1) is 29.3. The van der Waals surface area contributed by atoms with Gasteiger partial charge in [0, 0.05) is 41.5 Å². The third-order valence-electron chi connectivity index (χ3n) is 5.08. The molecule has 0 spiro atoms. The molecule has 1 aromatic heterocycles. The summed E-state index contributed by atoms with van der Waals surface area (Å²) in [7, 11) is -3.88. The first-order chi connectivity index (χ1) is 17.8. The number of ether oxygens (including phenoxy) is 1. The topological polar surface area (TPSA) is 126 Å². The fraction of sp³-hybridized carbons (Fsp3) is 0.370. The maximum absolute atomic E-state index is 13.4. The zero-order valence-electron chi connectivity index (χ0n) is 22.4. The third-order valence-corrected chi connectivity index (χ3v) is 7.96. The minimum absolute atomic E-state index is 0.114. The number of hydrogen-bond donors (Lipinski definition) is 3. The SMILES string of the molecule is CCC(=O)NCc1ccc(-c2cnc(-c3ccc(NC(=O)OC(C)C)cc3)s2)c(S(=O)(=O)NC(C)(C)C)c1. The minimum Gasteiger partial charge on any atom is -0.447 e. The molecule has 11 heteroatoms. The van der Waals surface area contributed by atoms with E-state index in [-0.39, 0.29) is 23.5 Å². The molecule has 0 saturated carbocycles. The van der Waals surface area contributed by atoms with Gasteiger partial charge in [-0.1, -0.05) is 19.1 Å². The Balaban J connectivity index is 1.92. The quantitative estimate of drug-likeness (QED) is 0.317. The van der Waals surface area contributed by atoms with E-state index in [4.69, 9.17) is 4.74 Å². The Kier molecular flexibility index (Phi) is 9.29. The molecule has 0 saturated heterocycles. The fourth-order valence-electron chi connectivity index (χ4n) is 3.48. The highest BCUT2D eigenvalue weighted by atomic mass is 32.2. The van der Waals surface area contributed by atoms with Gasteiger partial charge in [-0.3, -0.25) is 10.1 Å². The molecule has 0 atom stereocenters. The van der Waals surface area contributed by atoms with Gasteiger partial charge >= 0.3 is 6.09 Å². The molecule has 0 aliphatic rings. The monoisotopic (exact) mass is 558 g/mol. The Labute approximate surface area is 228 Å². The van der Waals surface area contributed by atoms with Crippen molar-refractivity contribution in [1.82, 2.24) is 15.0 Å². The molecule has 204 valence electrons. The van der Waals surface area contributed by atoms with Gasteiger partial charge in [-0.2, -0.15) is 0 Å². The van der Waals surface area contributed by atoms with Crippen molar-refractivity contribution >= 4 is 39.0 Å². The Morgan fingerprint density at radius 1 is 1.08 bits per heavy atom. The Bertz CT molecular complexity index is 1390. The predicted molar refractivity (Wildman–Crippen MR) is 150 cm³/mol. The van der Waals surface area contributed by atoms with Gasteiger partial charge in [0.2, 0.25) is 15.9 Å². The molecule has 2 amide bonds. The summed E-state index contributed by atoms with van der Waals surface area (Å²) in [5, 5.41) is 6.16. The molecule has 9 nitrogen and oxygen atoms in total. The zero-order chi connectivity index (χ0) is 28.1. The van der Waals surface area contributed by atoms with Crippen molar-refractivity contribution < 1.29 is 22.7 Å². The van der Waals surface area contributed by atoms with Gasteiger partial charge in [0.15, 0.2) is 0 Å². The molecule has 3 aromatic rings. The number of aromatic nitrogens is 1. The summed E-state index contributed by atoms with van der Waals surface area (Å²) in [6.07, 6.45) is 1.24. The van der Waals surface area contributed by atoms with Crippen LogP contribution in [0.4, 0.5) is 10.5 Å². The van der Waals surface area contributed by atoms with Crippen molar-refractivity contribution in [1.29, 1.82) is 0 Å². The molecule has 0 bridgehead atoms. The van der Waals surface area contributed by atoms with Gasteiger partial charge in [-0.05, 0) is 70.5 Å². The first-order valence-electron chi connectivity index (χ1n) is 12.3. The summed E-state index contributed by atoms with van der Waals surface area (Å²) in [6, 6.07) is 12.3. The number of sulfonamides is 1. The average molecular weight is 559 g/mol. The van der Waals surface area contributed by atoms with Crippen LogP contribution in [0.1, 0.15) is 53.5 Å². The van der Waals surface area contributed by atoms with Crippen molar-refractivity contribution in [2.75, 3.05) is 5.32 Å².